The Bertz CT molecular complexity index is 1080. The molecule has 0 spiro atoms. The van der Waals surface area contributed by atoms with Gasteiger partial charge in [-0.3, -0.25) is 0 Å². The Kier molecular flexibility index (Phi) is 3.35. The molecule has 2 heterocycles. The number of nitrogen functional groups attached to an aromatic ring is 1. The second-order valence-electron chi connectivity index (χ2n) is 5.37. The highest BCUT2D eigenvalue weighted by molar-refractivity contribution is 7.71. The largest absolute Gasteiger partial charge is 0.497 e. The van der Waals surface area contributed by atoms with Crippen LogP contribution in [0.25, 0.3) is 33.5 Å². The van der Waals surface area contributed by atoms with E-state index in [1.807, 2.05) is 48.5 Å². The topological polar surface area (TPSA) is 84.6 Å². The van der Waals surface area contributed by atoms with Gasteiger partial charge < -0.3 is 15.6 Å². The second kappa shape index (κ2) is 5.54. The van der Waals surface area contributed by atoms with E-state index in [0.29, 0.717) is 10.6 Å². The lowest BCUT2D eigenvalue weighted by Crippen LogP contribution is -2.10. The number of nitrogens with zero attached hydrogens (tertiary/aromatic N) is 2. The molecule has 4 rings (SSSR count). The summed E-state index contributed by atoms with van der Waals surface area (Å²) in [5, 5.41) is 8.03. The number of H-pyrrole nitrogens is 2. The minimum absolute atomic E-state index is 0.361. The summed E-state index contributed by atoms with van der Waals surface area (Å²) >= 11 is 5.14. The molecule has 0 saturated carbocycles. The van der Waals surface area contributed by atoms with Gasteiger partial charge in [-0.1, -0.05) is 30.3 Å². The highest BCUT2D eigenvalue weighted by Gasteiger charge is 2.19. The first-order chi connectivity index (χ1) is 11.7. The van der Waals surface area contributed by atoms with Gasteiger partial charge in [-0.05, 0) is 36.0 Å². The molecule has 0 bridgehead atoms. The molecule has 2 aromatic carbocycles. The Labute approximate surface area is 142 Å². The van der Waals surface area contributed by atoms with Gasteiger partial charge in [-0.25, -0.2) is 9.77 Å². The Morgan fingerprint density at radius 2 is 1.96 bits per heavy atom. The van der Waals surface area contributed by atoms with Gasteiger partial charge in [0.1, 0.15) is 5.75 Å². The molecule has 24 heavy (non-hydrogen) atoms. The minimum Gasteiger partial charge on any atom is -0.497 e. The molecule has 0 saturated heterocycles. The molecule has 0 unspecified atom stereocenters. The zero-order valence-corrected chi connectivity index (χ0v) is 13.7. The van der Waals surface area contributed by atoms with Crippen molar-refractivity contribution < 1.29 is 4.74 Å². The van der Waals surface area contributed by atoms with Gasteiger partial charge in [0.15, 0.2) is 5.82 Å². The number of nitrogens with one attached hydrogen (secondary N) is 2. The van der Waals surface area contributed by atoms with E-state index in [2.05, 4.69) is 15.2 Å². The number of aromatic nitrogens is 4. The van der Waals surface area contributed by atoms with E-state index in [1.54, 1.807) is 7.11 Å². The fourth-order valence-corrected chi connectivity index (χ4v) is 2.98. The molecule has 0 aliphatic heterocycles. The van der Waals surface area contributed by atoms with E-state index in [1.165, 1.54) is 4.68 Å². The second-order valence-corrected chi connectivity index (χ2v) is 5.76. The Hall–Kier alpha value is -3.06. The van der Waals surface area contributed by atoms with Crippen molar-refractivity contribution in [3.8, 4) is 28.4 Å². The zero-order chi connectivity index (χ0) is 16.7. The molecule has 6 nitrogen and oxygen atoms in total. The lowest BCUT2D eigenvalue weighted by Gasteiger charge is -2.05. The summed E-state index contributed by atoms with van der Waals surface area (Å²) in [6.45, 7) is 0. The van der Waals surface area contributed by atoms with Crippen LogP contribution in [0.5, 0.6) is 5.75 Å². The van der Waals surface area contributed by atoms with Crippen molar-refractivity contribution in [1.82, 2.24) is 19.9 Å². The summed E-state index contributed by atoms with van der Waals surface area (Å²) in [4.78, 5) is 3.40. The average Bonchev–Trinajstić information content (AvgIpc) is 3.15. The third-order valence-electron chi connectivity index (χ3n) is 4.00. The highest BCUT2D eigenvalue weighted by atomic mass is 32.1. The van der Waals surface area contributed by atoms with Crippen molar-refractivity contribution in [3.05, 3.63) is 53.3 Å². The van der Waals surface area contributed by atoms with Crippen LogP contribution in [-0.4, -0.2) is 27.0 Å². The summed E-state index contributed by atoms with van der Waals surface area (Å²) in [6, 6.07) is 16.0. The van der Waals surface area contributed by atoms with E-state index in [-0.39, 0.29) is 0 Å². The molecule has 4 aromatic rings. The number of methoxy groups -OCH3 is 1. The summed E-state index contributed by atoms with van der Waals surface area (Å²) in [5.41, 5.74) is 3.84. The van der Waals surface area contributed by atoms with E-state index in [9.17, 15) is 0 Å². The predicted octanol–water partition coefficient (Wildman–Crippen LogP) is 3.48. The summed E-state index contributed by atoms with van der Waals surface area (Å²) < 4.78 is 7.10. The Morgan fingerprint density at radius 1 is 1.17 bits per heavy atom. The summed E-state index contributed by atoms with van der Waals surface area (Å²) in [7, 11) is 1.65. The first-order valence-corrected chi connectivity index (χ1v) is 7.78. The molecule has 4 N–H and O–H groups in total. The van der Waals surface area contributed by atoms with Gasteiger partial charge in [0.25, 0.3) is 0 Å². The number of hydrogen-bond donors (Lipinski definition) is 3. The van der Waals surface area contributed by atoms with Gasteiger partial charge in [-0.2, -0.15) is 5.10 Å². The van der Waals surface area contributed by atoms with Crippen LogP contribution in [0.3, 0.4) is 0 Å². The van der Waals surface area contributed by atoms with Crippen molar-refractivity contribution in [2.75, 3.05) is 13.0 Å². The van der Waals surface area contributed by atoms with E-state index < -0.39 is 0 Å². The van der Waals surface area contributed by atoms with Gasteiger partial charge >= 0.3 is 0 Å². The first-order valence-electron chi connectivity index (χ1n) is 7.37. The Balaban J connectivity index is 2.10. The molecule has 7 heteroatoms. The number of fused-ring (bicyclic) bond motifs is 1. The molecule has 0 amide bonds. The Morgan fingerprint density at radius 3 is 2.62 bits per heavy atom. The monoisotopic (exact) mass is 337 g/mol. The van der Waals surface area contributed by atoms with Crippen molar-refractivity contribution in [2.45, 2.75) is 0 Å². The molecule has 0 fully saturated rings. The third-order valence-corrected chi connectivity index (χ3v) is 4.28. The number of rotatable bonds is 3. The van der Waals surface area contributed by atoms with Crippen molar-refractivity contribution >= 4 is 23.1 Å². The minimum atomic E-state index is 0.361. The zero-order valence-electron chi connectivity index (χ0n) is 12.9. The lowest BCUT2D eigenvalue weighted by atomic mass is 10.0. The van der Waals surface area contributed by atoms with Gasteiger partial charge in [0, 0.05) is 16.5 Å². The van der Waals surface area contributed by atoms with Gasteiger partial charge in [-0.15, -0.1) is 0 Å². The van der Waals surface area contributed by atoms with Crippen LogP contribution in [0.1, 0.15) is 0 Å². The number of ether oxygens (including phenoxy) is 1. The predicted molar refractivity (Wildman–Crippen MR) is 96.8 cm³/mol. The third kappa shape index (κ3) is 2.17. The number of benzene rings is 2. The lowest BCUT2D eigenvalue weighted by molar-refractivity contribution is 0.415. The maximum Gasteiger partial charge on any atom is 0.214 e. The summed E-state index contributed by atoms with van der Waals surface area (Å²) in [6.07, 6.45) is 0. The average molecular weight is 337 g/mol. The molecule has 2 aromatic heterocycles. The van der Waals surface area contributed by atoms with Crippen LogP contribution in [0, 0.1) is 4.77 Å². The normalized spacial score (nSPS) is 11.0. The van der Waals surface area contributed by atoms with E-state index >= 15 is 0 Å². The van der Waals surface area contributed by atoms with Gasteiger partial charge in [0.2, 0.25) is 4.77 Å². The molecule has 0 aliphatic carbocycles. The molecule has 0 atom stereocenters. The number of hydrogen-bond acceptors (Lipinski definition) is 4. The van der Waals surface area contributed by atoms with Crippen LogP contribution in [0.15, 0.2) is 48.5 Å². The molecule has 0 aliphatic rings. The number of nitrogens with two attached hydrogens (primary N) is 1. The molecular formula is C17H15N5OS. The standard InChI is InChI=1S/C17H15N5OS/c1-23-11-7-8-13-12(9-11)14(10-5-3-2-4-6-10)15(19-13)16-20-21-17(24)22(16)18/h2-9,19H,18H2,1H3,(H,21,24). The van der Waals surface area contributed by atoms with E-state index in [0.717, 1.165) is 33.5 Å². The molecule has 0 radical (unpaired) electrons. The fourth-order valence-electron chi connectivity index (χ4n) is 2.85. The van der Waals surface area contributed by atoms with Crippen molar-refractivity contribution in [1.29, 1.82) is 0 Å². The fraction of sp³-hybridized carbons (Fsp3) is 0.0588. The quantitative estimate of drug-likeness (QED) is 0.395. The van der Waals surface area contributed by atoms with Crippen LogP contribution >= 0.6 is 12.2 Å². The maximum atomic E-state index is 6.03. The van der Waals surface area contributed by atoms with E-state index in [4.69, 9.17) is 22.8 Å². The van der Waals surface area contributed by atoms with Crippen molar-refractivity contribution in [2.24, 2.45) is 0 Å². The molecule has 120 valence electrons. The SMILES string of the molecule is COc1ccc2[nH]c(-c3n[nH]c(=S)n3N)c(-c3ccccc3)c2c1. The van der Waals surface area contributed by atoms with Crippen LogP contribution in [0.2, 0.25) is 0 Å². The smallest absolute Gasteiger partial charge is 0.214 e. The first kappa shape index (κ1) is 14.5. The maximum absolute atomic E-state index is 6.03. The summed E-state index contributed by atoms with van der Waals surface area (Å²) in [5.74, 6) is 7.37. The number of aromatic amines is 2. The highest BCUT2D eigenvalue weighted by Crippen LogP contribution is 2.38. The van der Waals surface area contributed by atoms with Crippen LogP contribution in [-0.2, 0) is 0 Å². The van der Waals surface area contributed by atoms with Crippen LogP contribution in [0.4, 0.5) is 0 Å². The van der Waals surface area contributed by atoms with Crippen LogP contribution < -0.4 is 10.6 Å². The van der Waals surface area contributed by atoms with Crippen molar-refractivity contribution in [3.63, 3.8) is 0 Å². The molecular weight excluding hydrogens is 322 g/mol. The van der Waals surface area contributed by atoms with Gasteiger partial charge in [0.05, 0.1) is 12.8 Å².